The second-order valence-electron chi connectivity index (χ2n) is 9.40. The number of rotatable bonds is 5. The molecule has 5 heteroatoms. The van der Waals surface area contributed by atoms with Crippen molar-refractivity contribution < 1.29 is 9.50 Å². The van der Waals surface area contributed by atoms with Crippen molar-refractivity contribution in [1.29, 1.82) is 0 Å². The van der Waals surface area contributed by atoms with Crippen molar-refractivity contribution in [2.24, 2.45) is 17.6 Å². The lowest BCUT2D eigenvalue weighted by Crippen LogP contribution is -2.44. The number of likely N-dealkylation sites (tertiary alicyclic amines) is 1. The lowest BCUT2D eigenvalue weighted by Gasteiger charge is -2.42. The molecule has 1 aromatic heterocycles. The first-order chi connectivity index (χ1) is 14.0. The van der Waals surface area contributed by atoms with Gasteiger partial charge in [-0.05, 0) is 68.6 Å². The monoisotopic (exact) mass is 401 g/mol. The number of aromatic nitrogens is 1. The van der Waals surface area contributed by atoms with Crippen LogP contribution in [0.3, 0.4) is 0 Å². The molecule has 3 N–H and O–H groups in total. The minimum absolute atomic E-state index is 0.0998. The number of hydrogen-bond acceptors (Lipinski definition) is 3. The summed E-state index contributed by atoms with van der Waals surface area (Å²) in [6, 6.07) is 6.01. The molecule has 1 aliphatic carbocycles. The number of aliphatic hydroxyl groups excluding tert-OH is 1. The SMILES string of the molecule is CC(C)C1CCC(N2CCC(n3c(CN)c(CO)c4cc(F)ccc43)CC2)CC1. The van der Waals surface area contributed by atoms with Crippen molar-refractivity contribution in [2.45, 2.75) is 77.6 Å². The molecule has 0 atom stereocenters. The topological polar surface area (TPSA) is 54.4 Å². The fourth-order valence-corrected chi connectivity index (χ4v) is 5.86. The fourth-order valence-electron chi connectivity index (χ4n) is 5.86. The summed E-state index contributed by atoms with van der Waals surface area (Å²) in [7, 11) is 0. The zero-order valence-corrected chi connectivity index (χ0v) is 17.9. The van der Waals surface area contributed by atoms with Crippen molar-refractivity contribution in [1.82, 2.24) is 9.47 Å². The Kier molecular flexibility index (Phi) is 6.28. The number of piperidine rings is 1. The number of halogens is 1. The number of aliphatic hydroxyl groups is 1. The number of nitrogens with zero attached hydrogens (tertiary/aromatic N) is 2. The molecule has 0 amide bonds. The van der Waals surface area contributed by atoms with Crippen molar-refractivity contribution in [2.75, 3.05) is 13.1 Å². The maximum Gasteiger partial charge on any atom is 0.123 e. The number of fused-ring (bicyclic) bond motifs is 1. The Bertz CT molecular complexity index is 830. The average Bonchev–Trinajstić information content (AvgIpc) is 3.06. The average molecular weight is 402 g/mol. The maximum absolute atomic E-state index is 13.8. The van der Waals surface area contributed by atoms with Crippen molar-refractivity contribution in [3.63, 3.8) is 0 Å². The quantitative estimate of drug-likeness (QED) is 0.771. The van der Waals surface area contributed by atoms with Crippen LogP contribution in [-0.4, -0.2) is 33.7 Å². The van der Waals surface area contributed by atoms with E-state index in [9.17, 15) is 9.50 Å². The lowest BCUT2D eigenvalue weighted by molar-refractivity contribution is 0.0889. The van der Waals surface area contributed by atoms with Crippen molar-refractivity contribution in [3.05, 3.63) is 35.3 Å². The van der Waals surface area contributed by atoms with Crippen LogP contribution in [0.25, 0.3) is 10.9 Å². The first-order valence-electron chi connectivity index (χ1n) is 11.4. The molecule has 1 aromatic carbocycles. The summed E-state index contributed by atoms with van der Waals surface area (Å²) in [6.07, 6.45) is 7.58. The lowest BCUT2D eigenvalue weighted by atomic mass is 9.79. The van der Waals surface area contributed by atoms with Gasteiger partial charge < -0.3 is 20.3 Å². The summed E-state index contributed by atoms with van der Waals surface area (Å²) >= 11 is 0. The van der Waals surface area contributed by atoms with Gasteiger partial charge in [0, 0.05) is 53.9 Å². The van der Waals surface area contributed by atoms with E-state index in [2.05, 4.69) is 23.3 Å². The molecule has 1 saturated heterocycles. The highest BCUT2D eigenvalue weighted by Crippen LogP contribution is 2.37. The predicted octanol–water partition coefficient (Wildman–Crippen LogP) is 4.58. The molecule has 0 bridgehead atoms. The summed E-state index contributed by atoms with van der Waals surface area (Å²) < 4.78 is 16.1. The van der Waals surface area contributed by atoms with Gasteiger partial charge in [-0.15, -0.1) is 0 Å². The molecule has 1 saturated carbocycles. The van der Waals surface area contributed by atoms with E-state index >= 15 is 0 Å². The third-order valence-electron chi connectivity index (χ3n) is 7.60. The molecule has 0 unspecified atom stereocenters. The molecular formula is C24H36FN3O. The third kappa shape index (κ3) is 3.97. The predicted molar refractivity (Wildman–Crippen MR) is 116 cm³/mol. The summed E-state index contributed by atoms with van der Waals surface area (Å²) in [6.45, 7) is 7.21. The molecule has 2 aromatic rings. The van der Waals surface area contributed by atoms with E-state index in [-0.39, 0.29) is 12.4 Å². The van der Waals surface area contributed by atoms with Crippen LogP contribution in [0.15, 0.2) is 18.2 Å². The van der Waals surface area contributed by atoms with Gasteiger partial charge in [-0.3, -0.25) is 0 Å². The number of hydrogen-bond donors (Lipinski definition) is 2. The molecule has 0 radical (unpaired) electrons. The van der Waals surface area contributed by atoms with Gasteiger partial charge in [0.15, 0.2) is 0 Å². The normalized spacial score (nSPS) is 24.6. The van der Waals surface area contributed by atoms with Gasteiger partial charge in [0.25, 0.3) is 0 Å². The molecule has 2 heterocycles. The molecule has 1 aliphatic heterocycles. The number of benzene rings is 1. The van der Waals surface area contributed by atoms with Gasteiger partial charge in [0.1, 0.15) is 5.82 Å². The van der Waals surface area contributed by atoms with Crippen LogP contribution < -0.4 is 5.73 Å². The van der Waals surface area contributed by atoms with Gasteiger partial charge in [-0.25, -0.2) is 4.39 Å². The van der Waals surface area contributed by atoms with Crippen LogP contribution in [0.5, 0.6) is 0 Å². The van der Waals surface area contributed by atoms with E-state index in [4.69, 9.17) is 5.73 Å². The second kappa shape index (κ2) is 8.75. The Balaban J connectivity index is 1.50. The van der Waals surface area contributed by atoms with Crippen LogP contribution in [-0.2, 0) is 13.2 Å². The van der Waals surface area contributed by atoms with Crippen LogP contribution in [0, 0.1) is 17.7 Å². The Morgan fingerprint density at radius 1 is 1.07 bits per heavy atom. The summed E-state index contributed by atoms with van der Waals surface area (Å²) in [5, 5.41) is 10.7. The van der Waals surface area contributed by atoms with E-state index in [0.717, 1.165) is 66.0 Å². The van der Waals surface area contributed by atoms with Gasteiger partial charge >= 0.3 is 0 Å². The highest BCUT2D eigenvalue weighted by atomic mass is 19.1. The van der Waals surface area contributed by atoms with E-state index in [1.807, 2.05) is 6.07 Å². The van der Waals surface area contributed by atoms with E-state index in [1.165, 1.54) is 31.7 Å². The van der Waals surface area contributed by atoms with Gasteiger partial charge in [-0.2, -0.15) is 0 Å². The van der Waals surface area contributed by atoms with E-state index < -0.39 is 0 Å². The first kappa shape index (κ1) is 20.8. The fraction of sp³-hybridized carbons (Fsp3) is 0.667. The minimum Gasteiger partial charge on any atom is -0.392 e. The maximum atomic E-state index is 13.8. The molecule has 160 valence electrons. The van der Waals surface area contributed by atoms with Gasteiger partial charge in [0.2, 0.25) is 0 Å². The van der Waals surface area contributed by atoms with Gasteiger partial charge in [-0.1, -0.05) is 13.8 Å². The Labute approximate surface area is 173 Å². The Morgan fingerprint density at radius 2 is 1.76 bits per heavy atom. The first-order valence-corrected chi connectivity index (χ1v) is 11.4. The van der Waals surface area contributed by atoms with Crippen molar-refractivity contribution >= 4 is 10.9 Å². The molecular weight excluding hydrogens is 365 g/mol. The molecule has 2 fully saturated rings. The molecule has 29 heavy (non-hydrogen) atoms. The van der Waals surface area contributed by atoms with E-state index in [1.54, 1.807) is 6.07 Å². The van der Waals surface area contributed by atoms with Crippen molar-refractivity contribution in [3.8, 4) is 0 Å². The van der Waals surface area contributed by atoms with Crippen LogP contribution >= 0.6 is 0 Å². The van der Waals surface area contributed by atoms with E-state index in [0.29, 0.717) is 12.6 Å². The molecule has 4 nitrogen and oxygen atoms in total. The van der Waals surface area contributed by atoms with Gasteiger partial charge in [0.05, 0.1) is 6.61 Å². The molecule has 4 rings (SSSR count). The summed E-state index contributed by atoms with van der Waals surface area (Å²) in [5.74, 6) is 1.45. The highest BCUT2D eigenvalue weighted by molar-refractivity contribution is 5.85. The number of nitrogens with two attached hydrogens (primary N) is 1. The van der Waals surface area contributed by atoms with Crippen LogP contribution in [0.4, 0.5) is 4.39 Å². The third-order valence-corrected chi connectivity index (χ3v) is 7.60. The Hall–Kier alpha value is -1.43. The Morgan fingerprint density at radius 3 is 2.34 bits per heavy atom. The smallest absolute Gasteiger partial charge is 0.123 e. The standard InChI is InChI=1S/C24H36FN3O/c1-16(2)17-3-6-19(7-4-17)27-11-9-20(10-12-27)28-23-8-5-18(25)13-21(23)22(15-29)24(28)14-26/h5,8,13,16-17,19-20,29H,3-4,6-7,9-12,14-15,26H2,1-2H3. The largest absolute Gasteiger partial charge is 0.392 e. The zero-order chi connectivity index (χ0) is 20.5. The zero-order valence-electron chi connectivity index (χ0n) is 17.9. The molecule has 2 aliphatic rings. The minimum atomic E-state index is -0.264. The molecule has 0 spiro atoms. The highest BCUT2D eigenvalue weighted by Gasteiger charge is 2.31. The second-order valence-corrected chi connectivity index (χ2v) is 9.40. The summed E-state index contributed by atoms with van der Waals surface area (Å²) in [5.41, 5.74) is 8.84. The van der Waals surface area contributed by atoms with Crippen LogP contribution in [0.1, 0.15) is 69.7 Å². The van der Waals surface area contributed by atoms with Crippen LogP contribution in [0.2, 0.25) is 0 Å². The summed E-state index contributed by atoms with van der Waals surface area (Å²) in [4.78, 5) is 2.70.